The van der Waals surface area contributed by atoms with E-state index in [0.717, 1.165) is 11.6 Å². The van der Waals surface area contributed by atoms with Crippen molar-refractivity contribution in [1.82, 2.24) is 0 Å². The molecule has 0 spiro atoms. The Morgan fingerprint density at radius 3 is 2.22 bits per heavy atom. The maximum absolute atomic E-state index is 5.72. The highest BCUT2D eigenvalue weighted by molar-refractivity contribution is 5.39. The summed E-state index contributed by atoms with van der Waals surface area (Å²) < 4.78 is 0. The maximum atomic E-state index is 5.72. The molecule has 1 rings (SSSR count). The van der Waals surface area contributed by atoms with Gasteiger partial charge in [0.05, 0.1) is 0 Å². The van der Waals surface area contributed by atoms with Crippen molar-refractivity contribution < 1.29 is 0 Å². The van der Waals surface area contributed by atoms with Crippen molar-refractivity contribution in [2.45, 2.75) is 65.2 Å². The van der Waals surface area contributed by atoms with Crippen molar-refractivity contribution >= 4 is 5.69 Å². The molecular weight excluding hydrogens is 218 g/mol. The Morgan fingerprint density at radius 2 is 1.61 bits per heavy atom. The molecule has 0 saturated carbocycles. The second kappa shape index (κ2) is 9.02. The van der Waals surface area contributed by atoms with E-state index in [4.69, 9.17) is 5.73 Å². The quantitative estimate of drug-likeness (QED) is 0.471. The summed E-state index contributed by atoms with van der Waals surface area (Å²) in [6.07, 6.45) is 10.8. The third-order valence-corrected chi connectivity index (χ3v) is 3.80. The Hall–Kier alpha value is -0.980. The summed E-state index contributed by atoms with van der Waals surface area (Å²) in [7, 11) is 0. The summed E-state index contributed by atoms with van der Waals surface area (Å²) in [5.41, 5.74) is 8.02. The third-order valence-electron chi connectivity index (χ3n) is 3.80. The van der Waals surface area contributed by atoms with Crippen LogP contribution in [0.4, 0.5) is 5.69 Å². The Kier molecular flexibility index (Phi) is 7.55. The summed E-state index contributed by atoms with van der Waals surface area (Å²) in [5.74, 6) is 0.843. The lowest BCUT2D eigenvalue weighted by Crippen LogP contribution is -2.03. The molecule has 0 aliphatic carbocycles. The van der Waals surface area contributed by atoms with Crippen LogP contribution in [-0.2, 0) is 6.42 Å². The second-order valence-corrected chi connectivity index (χ2v) is 5.42. The van der Waals surface area contributed by atoms with E-state index in [1.165, 1.54) is 56.9 Å². The highest BCUT2D eigenvalue weighted by Crippen LogP contribution is 2.20. The summed E-state index contributed by atoms with van der Waals surface area (Å²) in [5, 5.41) is 0. The van der Waals surface area contributed by atoms with E-state index in [2.05, 4.69) is 26.0 Å². The van der Waals surface area contributed by atoms with Crippen molar-refractivity contribution in [3.8, 4) is 0 Å². The standard InChI is InChI=1S/C17H29N/c1-3-5-6-7-8-9-15(4-2)14-16-10-12-17(18)13-11-16/h10-13,15H,3-9,14,18H2,1-2H3. The number of hydrogen-bond acceptors (Lipinski definition) is 1. The van der Waals surface area contributed by atoms with Gasteiger partial charge in [-0.25, -0.2) is 0 Å². The molecule has 1 heteroatoms. The van der Waals surface area contributed by atoms with Crippen LogP contribution in [0.1, 0.15) is 64.4 Å². The number of hydrogen-bond donors (Lipinski definition) is 1. The van der Waals surface area contributed by atoms with E-state index in [-0.39, 0.29) is 0 Å². The third kappa shape index (κ3) is 6.09. The number of anilines is 1. The smallest absolute Gasteiger partial charge is 0.0314 e. The predicted molar refractivity (Wildman–Crippen MR) is 81.7 cm³/mol. The van der Waals surface area contributed by atoms with Crippen molar-refractivity contribution in [2.75, 3.05) is 5.73 Å². The van der Waals surface area contributed by atoms with Gasteiger partial charge in [0.15, 0.2) is 0 Å². The molecular formula is C17H29N. The van der Waals surface area contributed by atoms with Crippen LogP contribution < -0.4 is 5.73 Å². The minimum atomic E-state index is 0.843. The zero-order chi connectivity index (χ0) is 13.2. The average Bonchev–Trinajstić information content (AvgIpc) is 2.39. The van der Waals surface area contributed by atoms with Gasteiger partial charge in [-0.3, -0.25) is 0 Å². The number of benzene rings is 1. The van der Waals surface area contributed by atoms with Gasteiger partial charge in [0.1, 0.15) is 0 Å². The fourth-order valence-corrected chi connectivity index (χ4v) is 2.47. The van der Waals surface area contributed by atoms with Crippen molar-refractivity contribution in [3.63, 3.8) is 0 Å². The molecule has 0 amide bonds. The molecule has 0 bridgehead atoms. The molecule has 1 aromatic carbocycles. The lowest BCUT2D eigenvalue weighted by atomic mass is 9.91. The van der Waals surface area contributed by atoms with Crippen LogP contribution in [-0.4, -0.2) is 0 Å². The fraction of sp³-hybridized carbons (Fsp3) is 0.647. The summed E-state index contributed by atoms with van der Waals surface area (Å²) in [6.45, 7) is 4.59. The molecule has 0 aromatic heterocycles. The first-order valence-electron chi connectivity index (χ1n) is 7.60. The number of nitrogens with two attached hydrogens (primary N) is 1. The van der Waals surface area contributed by atoms with Crippen LogP contribution in [0.25, 0.3) is 0 Å². The molecule has 1 unspecified atom stereocenters. The zero-order valence-electron chi connectivity index (χ0n) is 12.1. The van der Waals surface area contributed by atoms with E-state index in [9.17, 15) is 0 Å². The highest BCUT2D eigenvalue weighted by Gasteiger charge is 2.07. The second-order valence-electron chi connectivity index (χ2n) is 5.42. The van der Waals surface area contributed by atoms with Gasteiger partial charge >= 0.3 is 0 Å². The largest absolute Gasteiger partial charge is 0.399 e. The molecule has 0 heterocycles. The van der Waals surface area contributed by atoms with Crippen LogP contribution in [0.5, 0.6) is 0 Å². The predicted octanol–water partition coefficient (Wildman–Crippen LogP) is 5.20. The van der Waals surface area contributed by atoms with Gasteiger partial charge in [0.2, 0.25) is 0 Å². The lowest BCUT2D eigenvalue weighted by Gasteiger charge is -2.15. The Balaban J connectivity index is 2.26. The Morgan fingerprint density at radius 1 is 0.944 bits per heavy atom. The van der Waals surface area contributed by atoms with E-state index >= 15 is 0 Å². The molecule has 1 aromatic rings. The zero-order valence-corrected chi connectivity index (χ0v) is 12.1. The lowest BCUT2D eigenvalue weighted by molar-refractivity contribution is 0.437. The first-order valence-corrected chi connectivity index (χ1v) is 7.60. The van der Waals surface area contributed by atoms with Gasteiger partial charge in [0.25, 0.3) is 0 Å². The SMILES string of the molecule is CCCCCCCC(CC)Cc1ccc(N)cc1. The van der Waals surface area contributed by atoms with Crippen LogP contribution in [0.2, 0.25) is 0 Å². The van der Waals surface area contributed by atoms with Crippen molar-refractivity contribution in [2.24, 2.45) is 5.92 Å². The summed E-state index contributed by atoms with van der Waals surface area (Å²) in [4.78, 5) is 0. The number of nitrogen functional groups attached to an aromatic ring is 1. The molecule has 1 nitrogen and oxygen atoms in total. The minimum Gasteiger partial charge on any atom is -0.399 e. The molecule has 102 valence electrons. The van der Waals surface area contributed by atoms with E-state index in [1.54, 1.807) is 0 Å². The molecule has 0 aliphatic heterocycles. The Labute approximate surface area is 113 Å². The van der Waals surface area contributed by atoms with Crippen molar-refractivity contribution in [3.05, 3.63) is 29.8 Å². The molecule has 0 radical (unpaired) electrons. The van der Waals surface area contributed by atoms with Gasteiger partial charge in [-0.1, -0.05) is 70.9 Å². The van der Waals surface area contributed by atoms with Gasteiger partial charge in [-0.2, -0.15) is 0 Å². The van der Waals surface area contributed by atoms with Crippen LogP contribution in [0.3, 0.4) is 0 Å². The monoisotopic (exact) mass is 247 g/mol. The van der Waals surface area contributed by atoms with E-state index in [0.29, 0.717) is 0 Å². The first kappa shape index (κ1) is 15.1. The van der Waals surface area contributed by atoms with Crippen LogP contribution >= 0.6 is 0 Å². The average molecular weight is 247 g/mol. The summed E-state index contributed by atoms with van der Waals surface area (Å²) in [6, 6.07) is 8.39. The fourth-order valence-electron chi connectivity index (χ4n) is 2.47. The first-order chi connectivity index (χ1) is 8.76. The van der Waals surface area contributed by atoms with Crippen LogP contribution in [0, 0.1) is 5.92 Å². The van der Waals surface area contributed by atoms with Gasteiger partial charge in [-0.05, 0) is 30.0 Å². The normalized spacial score (nSPS) is 12.6. The van der Waals surface area contributed by atoms with Gasteiger partial charge in [0, 0.05) is 5.69 Å². The van der Waals surface area contributed by atoms with Crippen LogP contribution in [0.15, 0.2) is 24.3 Å². The molecule has 0 aliphatic rings. The molecule has 0 fully saturated rings. The molecule has 18 heavy (non-hydrogen) atoms. The molecule has 0 saturated heterocycles. The van der Waals surface area contributed by atoms with Gasteiger partial charge in [-0.15, -0.1) is 0 Å². The van der Waals surface area contributed by atoms with E-state index < -0.39 is 0 Å². The minimum absolute atomic E-state index is 0.843. The van der Waals surface area contributed by atoms with Crippen molar-refractivity contribution in [1.29, 1.82) is 0 Å². The number of rotatable bonds is 9. The Bertz CT molecular complexity index is 302. The van der Waals surface area contributed by atoms with E-state index in [1.807, 2.05) is 12.1 Å². The molecule has 2 N–H and O–H groups in total. The highest BCUT2D eigenvalue weighted by atomic mass is 14.5. The van der Waals surface area contributed by atoms with Gasteiger partial charge < -0.3 is 5.73 Å². The number of unbranched alkanes of at least 4 members (excludes halogenated alkanes) is 4. The maximum Gasteiger partial charge on any atom is 0.0314 e. The molecule has 1 atom stereocenters. The topological polar surface area (TPSA) is 26.0 Å². The summed E-state index contributed by atoms with van der Waals surface area (Å²) >= 11 is 0.